The summed E-state index contributed by atoms with van der Waals surface area (Å²) in [6, 6.07) is 10.8. The van der Waals surface area contributed by atoms with E-state index >= 15 is 0 Å². The zero-order chi connectivity index (χ0) is 13.8. The van der Waals surface area contributed by atoms with Crippen molar-refractivity contribution in [2.45, 2.75) is 44.8 Å². The maximum atomic E-state index is 6.24. The molecule has 1 heterocycles. The van der Waals surface area contributed by atoms with Gasteiger partial charge in [0.05, 0.1) is 0 Å². The molecule has 3 rings (SSSR count). The molecule has 1 fully saturated rings. The van der Waals surface area contributed by atoms with Gasteiger partial charge in [-0.1, -0.05) is 25.1 Å². The summed E-state index contributed by atoms with van der Waals surface area (Å²) < 4.78 is 6.24. The van der Waals surface area contributed by atoms with Crippen LogP contribution in [0.2, 0.25) is 0 Å². The van der Waals surface area contributed by atoms with Gasteiger partial charge >= 0.3 is 0 Å². The number of aromatic nitrogens is 1. The third-order valence-corrected chi connectivity index (χ3v) is 4.01. The summed E-state index contributed by atoms with van der Waals surface area (Å²) in [7, 11) is 0. The highest BCUT2D eigenvalue weighted by Gasteiger charge is 2.23. The van der Waals surface area contributed by atoms with Crippen molar-refractivity contribution in [1.82, 2.24) is 10.3 Å². The molecule has 20 heavy (non-hydrogen) atoms. The van der Waals surface area contributed by atoms with Crippen LogP contribution in [0.4, 0.5) is 0 Å². The Balaban J connectivity index is 1.76. The minimum Gasteiger partial charge on any atom is -0.488 e. The summed E-state index contributed by atoms with van der Waals surface area (Å²) in [6.07, 6.45) is 6.88. The lowest BCUT2D eigenvalue weighted by Crippen LogP contribution is -2.37. The lowest BCUT2D eigenvalue weighted by Gasteiger charge is -2.30. The molecular weight excluding hydrogens is 248 g/mol. The first-order chi connectivity index (χ1) is 9.86. The highest BCUT2D eigenvalue weighted by atomic mass is 16.5. The number of hydrogen-bond acceptors (Lipinski definition) is 3. The Morgan fingerprint density at radius 2 is 2.15 bits per heavy atom. The second kappa shape index (κ2) is 6.23. The maximum absolute atomic E-state index is 6.24. The van der Waals surface area contributed by atoms with Gasteiger partial charge in [-0.05, 0) is 44.4 Å². The quantitative estimate of drug-likeness (QED) is 0.922. The third-order valence-electron chi connectivity index (χ3n) is 4.01. The Labute approximate surface area is 120 Å². The molecule has 2 aromatic rings. The molecule has 2 unspecified atom stereocenters. The number of pyridine rings is 1. The van der Waals surface area contributed by atoms with Crippen LogP contribution in [0.1, 0.15) is 32.6 Å². The van der Waals surface area contributed by atoms with Crippen LogP contribution in [0, 0.1) is 0 Å². The third kappa shape index (κ3) is 2.93. The Kier molecular flexibility index (Phi) is 4.16. The van der Waals surface area contributed by atoms with Crippen molar-refractivity contribution in [3.8, 4) is 5.75 Å². The monoisotopic (exact) mass is 270 g/mol. The van der Waals surface area contributed by atoms with Crippen LogP contribution in [0.5, 0.6) is 5.75 Å². The lowest BCUT2D eigenvalue weighted by molar-refractivity contribution is 0.137. The average molecular weight is 270 g/mol. The number of fused-ring (bicyclic) bond motifs is 1. The van der Waals surface area contributed by atoms with Crippen molar-refractivity contribution >= 4 is 10.9 Å². The molecule has 1 aliphatic rings. The van der Waals surface area contributed by atoms with E-state index in [1.54, 1.807) is 0 Å². The largest absolute Gasteiger partial charge is 0.488 e. The molecule has 0 amide bonds. The normalized spacial score (nSPS) is 22.9. The second-order valence-electron chi connectivity index (χ2n) is 5.49. The predicted molar refractivity (Wildman–Crippen MR) is 82.1 cm³/mol. The van der Waals surface area contributed by atoms with Crippen molar-refractivity contribution in [2.75, 3.05) is 6.54 Å². The Bertz CT molecular complexity index is 562. The number of benzene rings is 1. The summed E-state index contributed by atoms with van der Waals surface area (Å²) in [5, 5.41) is 4.68. The molecule has 1 aromatic carbocycles. The number of ether oxygens (including phenoxy) is 1. The van der Waals surface area contributed by atoms with Crippen LogP contribution in [-0.2, 0) is 0 Å². The topological polar surface area (TPSA) is 34.1 Å². The smallest absolute Gasteiger partial charge is 0.145 e. The number of nitrogens with zero attached hydrogens (tertiary/aromatic N) is 1. The molecular formula is C17H22N2O. The highest BCUT2D eigenvalue weighted by molar-refractivity contribution is 5.84. The van der Waals surface area contributed by atoms with Crippen LogP contribution in [-0.4, -0.2) is 23.7 Å². The predicted octanol–water partition coefficient (Wildman–Crippen LogP) is 3.53. The van der Waals surface area contributed by atoms with Crippen molar-refractivity contribution in [2.24, 2.45) is 0 Å². The summed E-state index contributed by atoms with van der Waals surface area (Å²) in [4.78, 5) is 4.46. The van der Waals surface area contributed by atoms with E-state index in [9.17, 15) is 0 Å². The van der Waals surface area contributed by atoms with E-state index in [4.69, 9.17) is 4.74 Å². The number of para-hydroxylation sites is 1. The molecule has 0 bridgehead atoms. The zero-order valence-electron chi connectivity index (χ0n) is 12.0. The van der Waals surface area contributed by atoms with Gasteiger partial charge in [-0.3, -0.25) is 4.98 Å². The Morgan fingerprint density at radius 3 is 3.05 bits per heavy atom. The van der Waals surface area contributed by atoms with E-state index in [0.29, 0.717) is 12.1 Å². The molecule has 106 valence electrons. The molecule has 0 saturated heterocycles. The zero-order valence-corrected chi connectivity index (χ0v) is 12.0. The second-order valence-corrected chi connectivity index (χ2v) is 5.49. The van der Waals surface area contributed by atoms with Gasteiger partial charge in [-0.25, -0.2) is 0 Å². The van der Waals surface area contributed by atoms with Gasteiger partial charge in [0.2, 0.25) is 0 Å². The summed E-state index contributed by atoms with van der Waals surface area (Å²) in [5.41, 5.74) is 0.973. The van der Waals surface area contributed by atoms with Gasteiger partial charge in [0.15, 0.2) is 0 Å². The van der Waals surface area contributed by atoms with E-state index in [2.05, 4.69) is 29.4 Å². The molecule has 1 aromatic heterocycles. The number of rotatable bonds is 4. The fraction of sp³-hybridized carbons (Fsp3) is 0.471. The van der Waals surface area contributed by atoms with E-state index in [1.807, 2.05) is 24.4 Å². The standard InChI is InChI=1S/C17H22N2O/c1-2-18-14-8-4-9-15(12-14)20-16-10-3-6-13-7-5-11-19-17(13)16/h3,5-7,10-11,14-15,18H,2,4,8-9,12H2,1H3. The van der Waals surface area contributed by atoms with E-state index in [1.165, 1.54) is 12.8 Å². The fourth-order valence-corrected chi connectivity index (χ4v) is 3.08. The van der Waals surface area contributed by atoms with Crippen LogP contribution in [0.3, 0.4) is 0 Å². The molecule has 1 saturated carbocycles. The first-order valence-electron chi connectivity index (χ1n) is 7.60. The van der Waals surface area contributed by atoms with Crippen molar-refractivity contribution < 1.29 is 4.74 Å². The number of nitrogens with one attached hydrogen (secondary N) is 1. The molecule has 0 radical (unpaired) electrons. The van der Waals surface area contributed by atoms with Crippen LogP contribution >= 0.6 is 0 Å². The fourth-order valence-electron chi connectivity index (χ4n) is 3.08. The van der Waals surface area contributed by atoms with Crippen molar-refractivity contribution in [3.05, 3.63) is 36.5 Å². The molecule has 0 spiro atoms. The maximum Gasteiger partial charge on any atom is 0.145 e. The van der Waals surface area contributed by atoms with E-state index < -0.39 is 0 Å². The minimum absolute atomic E-state index is 0.306. The van der Waals surface area contributed by atoms with Gasteiger partial charge < -0.3 is 10.1 Å². The van der Waals surface area contributed by atoms with Crippen molar-refractivity contribution in [3.63, 3.8) is 0 Å². The van der Waals surface area contributed by atoms with Crippen molar-refractivity contribution in [1.29, 1.82) is 0 Å². The van der Waals surface area contributed by atoms with Gasteiger partial charge in [0.1, 0.15) is 17.4 Å². The van der Waals surface area contributed by atoms with Crippen LogP contribution in [0.15, 0.2) is 36.5 Å². The SMILES string of the molecule is CCNC1CCCC(Oc2cccc3cccnc23)C1. The van der Waals surface area contributed by atoms with Gasteiger partial charge in [-0.15, -0.1) is 0 Å². The minimum atomic E-state index is 0.306. The van der Waals surface area contributed by atoms with Gasteiger partial charge in [-0.2, -0.15) is 0 Å². The number of hydrogen-bond donors (Lipinski definition) is 1. The summed E-state index contributed by atoms with van der Waals surface area (Å²) in [6.45, 7) is 3.20. The Hall–Kier alpha value is -1.61. The average Bonchev–Trinajstić information content (AvgIpc) is 2.48. The van der Waals surface area contributed by atoms with E-state index in [0.717, 1.165) is 36.0 Å². The van der Waals surface area contributed by atoms with Gasteiger partial charge in [0, 0.05) is 17.6 Å². The van der Waals surface area contributed by atoms with E-state index in [-0.39, 0.29) is 0 Å². The summed E-state index contributed by atoms with van der Waals surface area (Å²) in [5.74, 6) is 0.922. The molecule has 1 N–H and O–H groups in total. The Morgan fingerprint density at radius 1 is 1.25 bits per heavy atom. The highest BCUT2D eigenvalue weighted by Crippen LogP contribution is 2.28. The lowest BCUT2D eigenvalue weighted by atomic mass is 9.93. The molecule has 3 heteroatoms. The van der Waals surface area contributed by atoms with Crippen LogP contribution in [0.25, 0.3) is 10.9 Å². The first-order valence-corrected chi connectivity index (χ1v) is 7.60. The first kappa shape index (κ1) is 13.4. The van der Waals surface area contributed by atoms with Gasteiger partial charge in [0.25, 0.3) is 0 Å². The molecule has 0 aliphatic heterocycles. The molecule has 2 atom stereocenters. The molecule has 1 aliphatic carbocycles. The summed E-state index contributed by atoms with van der Waals surface area (Å²) >= 11 is 0. The van der Waals surface area contributed by atoms with Crippen LogP contribution < -0.4 is 10.1 Å². The molecule has 3 nitrogen and oxygen atoms in total.